The van der Waals surface area contributed by atoms with Crippen LogP contribution in [0.25, 0.3) is 10.8 Å². The van der Waals surface area contributed by atoms with E-state index in [0.29, 0.717) is 15.8 Å². The van der Waals surface area contributed by atoms with Crippen molar-refractivity contribution in [2.24, 2.45) is 0 Å². The number of hydrogen-bond donors (Lipinski definition) is 0. The van der Waals surface area contributed by atoms with E-state index >= 15 is 0 Å². The maximum atomic E-state index is 10.7. The number of benzene rings is 1. The molecule has 0 radical (unpaired) electrons. The molecule has 0 amide bonds. The molecule has 2 aromatic rings. The van der Waals surface area contributed by atoms with Gasteiger partial charge in [-0.25, -0.2) is 0 Å². The maximum absolute atomic E-state index is 10.7. The van der Waals surface area contributed by atoms with Crippen molar-refractivity contribution in [3.63, 3.8) is 0 Å². The van der Waals surface area contributed by atoms with Gasteiger partial charge < -0.3 is 0 Å². The van der Waals surface area contributed by atoms with Crippen LogP contribution in [0.15, 0.2) is 30.6 Å². The fourth-order valence-electron chi connectivity index (χ4n) is 1.30. The van der Waals surface area contributed by atoms with Gasteiger partial charge in [-0.2, -0.15) is 0 Å². The number of fused-ring (bicyclic) bond motifs is 1. The van der Waals surface area contributed by atoms with E-state index in [1.165, 1.54) is 18.3 Å². The van der Waals surface area contributed by atoms with Gasteiger partial charge in [0.1, 0.15) is 0 Å². The largest absolute Gasteiger partial charge is 0.278 e. The summed E-state index contributed by atoms with van der Waals surface area (Å²) < 4.78 is 0. The van der Waals surface area contributed by atoms with Crippen LogP contribution in [0, 0.1) is 10.1 Å². The van der Waals surface area contributed by atoms with Crippen LogP contribution >= 0.6 is 35.6 Å². The second-order valence-corrected chi connectivity index (χ2v) is 3.15. The van der Waals surface area contributed by atoms with Crippen LogP contribution < -0.4 is 0 Å². The summed E-state index contributed by atoms with van der Waals surface area (Å²) in [5.74, 6) is 0. The van der Waals surface area contributed by atoms with Gasteiger partial charge in [0.05, 0.1) is 10.3 Å². The first kappa shape index (κ1) is 12.1. The minimum absolute atomic E-state index is 0. The standard InChI is InChI=1S/C9H5ClN2O2.HI/c10-8-1-2-9(12(13)14)7-5-11-4-3-6(7)8;/h1-5H;1H. The van der Waals surface area contributed by atoms with Crippen LogP contribution in [-0.2, 0) is 0 Å². The summed E-state index contributed by atoms with van der Waals surface area (Å²) in [7, 11) is 0. The first-order chi connectivity index (χ1) is 6.70. The number of nitro benzene ring substituents is 1. The highest BCUT2D eigenvalue weighted by Gasteiger charge is 2.12. The highest BCUT2D eigenvalue weighted by molar-refractivity contribution is 14.0. The minimum atomic E-state index is -0.444. The lowest BCUT2D eigenvalue weighted by Crippen LogP contribution is -1.90. The fourth-order valence-corrected chi connectivity index (χ4v) is 1.53. The van der Waals surface area contributed by atoms with Gasteiger partial charge >= 0.3 is 0 Å². The normalized spacial score (nSPS) is 9.67. The van der Waals surface area contributed by atoms with Crippen LogP contribution in [0.3, 0.4) is 0 Å². The topological polar surface area (TPSA) is 56.0 Å². The number of nitro groups is 1. The van der Waals surface area contributed by atoms with Crippen molar-refractivity contribution >= 4 is 52.0 Å². The van der Waals surface area contributed by atoms with Gasteiger partial charge in [-0.15, -0.1) is 24.0 Å². The van der Waals surface area contributed by atoms with Crippen molar-refractivity contribution in [1.82, 2.24) is 4.98 Å². The van der Waals surface area contributed by atoms with Crippen molar-refractivity contribution in [2.75, 3.05) is 0 Å². The predicted molar refractivity (Wildman–Crippen MR) is 68.8 cm³/mol. The van der Waals surface area contributed by atoms with Crippen molar-refractivity contribution in [1.29, 1.82) is 0 Å². The molecule has 0 bridgehead atoms. The molecular formula is C9H6ClIN2O2. The van der Waals surface area contributed by atoms with E-state index in [1.807, 2.05) is 0 Å². The third kappa shape index (κ3) is 2.18. The zero-order chi connectivity index (χ0) is 10.1. The molecule has 0 fully saturated rings. The molecular weight excluding hydrogens is 330 g/mol. The molecule has 78 valence electrons. The van der Waals surface area contributed by atoms with E-state index in [1.54, 1.807) is 12.3 Å². The Bertz CT molecular complexity index is 518. The number of halogens is 2. The summed E-state index contributed by atoms with van der Waals surface area (Å²) in [6.45, 7) is 0. The van der Waals surface area contributed by atoms with Crippen molar-refractivity contribution in [2.45, 2.75) is 0 Å². The molecule has 0 spiro atoms. The van der Waals surface area contributed by atoms with Crippen molar-refractivity contribution in [3.8, 4) is 0 Å². The van der Waals surface area contributed by atoms with Gasteiger partial charge in [-0.1, -0.05) is 11.6 Å². The number of pyridine rings is 1. The Morgan fingerprint density at radius 1 is 1.27 bits per heavy atom. The van der Waals surface area contributed by atoms with Crippen LogP contribution in [-0.4, -0.2) is 9.91 Å². The summed E-state index contributed by atoms with van der Waals surface area (Å²) in [5, 5.41) is 12.3. The molecule has 0 saturated heterocycles. The lowest BCUT2D eigenvalue weighted by molar-refractivity contribution is -0.383. The van der Waals surface area contributed by atoms with E-state index in [9.17, 15) is 10.1 Å². The van der Waals surface area contributed by atoms with Crippen LogP contribution in [0.5, 0.6) is 0 Å². The molecule has 0 aliphatic rings. The Kier molecular flexibility index (Phi) is 3.81. The quantitative estimate of drug-likeness (QED) is 0.455. The Morgan fingerprint density at radius 3 is 2.67 bits per heavy atom. The Hall–Kier alpha value is -0.950. The van der Waals surface area contributed by atoms with Crippen molar-refractivity contribution < 1.29 is 4.92 Å². The lowest BCUT2D eigenvalue weighted by Gasteiger charge is -1.99. The minimum Gasteiger partial charge on any atom is -0.264 e. The number of non-ortho nitro benzene ring substituents is 1. The zero-order valence-corrected chi connectivity index (χ0v) is 10.5. The number of rotatable bonds is 1. The smallest absolute Gasteiger partial charge is 0.264 e. The second-order valence-electron chi connectivity index (χ2n) is 2.74. The zero-order valence-electron chi connectivity index (χ0n) is 7.38. The van der Waals surface area contributed by atoms with Crippen LogP contribution in [0.2, 0.25) is 5.02 Å². The van der Waals surface area contributed by atoms with Gasteiger partial charge in [-0.3, -0.25) is 15.1 Å². The van der Waals surface area contributed by atoms with Gasteiger partial charge in [0.15, 0.2) is 0 Å². The predicted octanol–water partition coefficient (Wildman–Crippen LogP) is 3.41. The molecule has 0 aliphatic heterocycles. The summed E-state index contributed by atoms with van der Waals surface area (Å²) in [6.07, 6.45) is 3.00. The van der Waals surface area contributed by atoms with Gasteiger partial charge in [0, 0.05) is 28.9 Å². The summed E-state index contributed by atoms with van der Waals surface area (Å²) in [4.78, 5) is 14.1. The van der Waals surface area contributed by atoms with E-state index in [4.69, 9.17) is 11.6 Å². The lowest BCUT2D eigenvalue weighted by atomic mass is 10.1. The molecule has 6 heteroatoms. The van der Waals surface area contributed by atoms with E-state index in [-0.39, 0.29) is 29.7 Å². The summed E-state index contributed by atoms with van der Waals surface area (Å²) in [5.41, 5.74) is 0.0255. The molecule has 0 unspecified atom stereocenters. The van der Waals surface area contributed by atoms with E-state index in [0.717, 1.165) is 0 Å². The maximum Gasteiger partial charge on any atom is 0.278 e. The monoisotopic (exact) mass is 336 g/mol. The third-order valence-corrected chi connectivity index (χ3v) is 2.27. The highest BCUT2D eigenvalue weighted by atomic mass is 127. The number of nitrogens with zero attached hydrogens (tertiary/aromatic N) is 2. The molecule has 0 N–H and O–H groups in total. The van der Waals surface area contributed by atoms with Crippen molar-refractivity contribution in [3.05, 3.63) is 45.7 Å². The summed E-state index contributed by atoms with van der Waals surface area (Å²) in [6, 6.07) is 4.55. The van der Waals surface area contributed by atoms with Gasteiger partial charge in [-0.05, 0) is 12.1 Å². The average molecular weight is 337 g/mol. The molecule has 1 aromatic carbocycles. The average Bonchev–Trinajstić information content (AvgIpc) is 2.18. The molecule has 15 heavy (non-hydrogen) atoms. The number of hydrogen-bond acceptors (Lipinski definition) is 3. The fraction of sp³-hybridized carbons (Fsp3) is 0. The Morgan fingerprint density at radius 2 is 2.00 bits per heavy atom. The molecule has 2 rings (SSSR count). The van der Waals surface area contributed by atoms with E-state index in [2.05, 4.69) is 4.98 Å². The van der Waals surface area contributed by atoms with Gasteiger partial charge in [0.25, 0.3) is 5.69 Å². The number of aromatic nitrogens is 1. The molecule has 0 saturated carbocycles. The Balaban J connectivity index is 0.00000112. The van der Waals surface area contributed by atoms with Gasteiger partial charge in [0.2, 0.25) is 0 Å². The van der Waals surface area contributed by atoms with Crippen LogP contribution in [0.4, 0.5) is 5.69 Å². The Labute approximate surface area is 107 Å². The molecule has 0 aliphatic carbocycles. The first-order valence-electron chi connectivity index (χ1n) is 3.87. The molecule has 0 atom stereocenters. The molecule has 1 heterocycles. The van der Waals surface area contributed by atoms with Crippen LogP contribution in [0.1, 0.15) is 0 Å². The summed E-state index contributed by atoms with van der Waals surface area (Å²) >= 11 is 5.88. The third-order valence-electron chi connectivity index (χ3n) is 1.94. The SMILES string of the molecule is I.O=[N+]([O-])c1ccc(Cl)c2ccncc12. The molecule has 1 aromatic heterocycles. The molecule has 4 nitrogen and oxygen atoms in total. The van der Waals surface area contributed by atoms with E-state index < -0.39 is 4.92 Å². The first-order valence-corrected chi connectivity index (χ1v) is 4.24. The highest BCUT2D eigenvalue weighted by Crippen LogP contribution is 2.29. The second kappa shape index (κ2) is 4.71.